The van der Waals surface area contributed by atoms with Gasteiger partial charge in [0, 0.05) is 26.9 Å². The van der Waals surface area contributed by atoms with Gasteiger partial charge in [0.1, 0.15) is 5.60 Å². The lowest BCUT2D eigenvalue weighted by molar-refractivity contribution is -0.176. The third-order valence-corrected chi connectivity index (χ3v) is 9.99. The molecule has 222 valence electrons. The van der Waals surface area contributed by atoms with Gasteiger partial charge in [-0.2, -0.15) is 0 Å². The number of fused-ring (bicyclic) bond motifs is 4. The quantitative estimate of drug-likeness (QED) is 0.222. The first-order chi connectivity index (χ1) is 20.4. The van der Waals surface area contributed by atoms with Crippen LogP contribution in [0.4, 0.5) is 0 Å². The van der Waals surface area contributed by atoms with Gasteiger partial charge in [0.15, 0.2) is 0 Å². The van der Waals surface area contributed by atoms with Gasteiger partial charge < -0.3 is 10.1 Å². The smallest absolute Gasteiger partial charge is 0.312 e. The Morgan fingerprint density at radius 3 is 2.26 bits per heavy atom. The molecule has 2 bridgehead atoms. The molecule has 1 aromatic heterocycles. The minimum Gasteiger partial charge on any atom is -0.460 e. The van der Waals surface area contributed by atoms with Crippen LogP contribution in [0.5, 0.6) is 0 Å². The standard InChI is InChI=1S/C37H39BrN2O3/c1-23-11-13-25(14-12-23)29-22-36(34(42)43-35(3,4)5)17-19-37(29,20-18-36)40-33(41)31-24(2)32(26-9-7-6-8-10-26)39-30-16-15-27(38)21-28(30)31/h6-16,21,29H,17-20,22H2,1-5H3,(H,40,41). The topological polar surface area (TPSA) is 68.3 Å². The summed E-state index contributed by atoms with van der Waals surface area (Å²) < 4.78 is 6.87. The maximum absolute atomic E-state index is 14.6. The second-order valence-corrected chi connectivity index (χ2v) is 14.5. The number of benzene rings is 3. The first-order valence-electron chi connectivity index (χ1n) is 15.2. The van der Waals surface area contributed by atoms with Gasteiger partial charge in [-0.25, -0.2) is 4.98 Å². The predicted octanol–water partition coefficient (Wildman–Crippen LogP) is 8.84. The highest BCUT2D eigenvalue weighted by atomic mass is 79.9. The Labute approximate surface area is 262 Å². The first kappa shape index (κ1) is 29.6. The minimum absolute atomic E-state index is 0.0131. The van der Waals surface area contributed by atoms with E-state index in [0.29, 0.717) is 37.7 Å². The van der Waals surface area contributed by atoms with Gasteiger partial charge in [-0.05, 0) is 96.0 Å². The number of pyridine rings is 1. The second kappa shape index (κ2) is 10.9. The normalized spacial score (nSPS) is 23.3. The molecule has 1 amide bonds. The number of nitrogens with one attached hydrogen (secondary N) is 1. The molecule has 1 atom stereocenters. The maximum atomic E-state index is 14.6. The molecule has 0 radical (unpaired) electrons. The summed E-state index contributed by atoms with van der Waals surface area (Å²) in [7, 11) is 0. The molecule has 6 heteroatoms. The molecule has 0 aliphatic heterocycles. The Hall–Kier alpha value is -3.51. The Morgan fingerprint density at radius 2 is 1.60 bits per heavy atom. The fraction of sp³-hybridized carbons (Fsp3) is 0.378. The highest BCUT2D eigenvalue weighted by Gasteiger charge is 2.59. The third-order valence-electron chi connectivity index (χ3n) is 9.50. The second-order valence-electron chi connectivity index (χ2n) is 13.5. The van der Waals surface area contributed by atoms with E-state index >= 15 is 0 Å². The summed E-state index contributed by atoms with van der Waals surface area (Å²) >= 11 is 3.62. The number of carbonyl (C=O) groups excluding carboxylic acids is 2. The van der Waals surface area contributed by atoms with Crippen LogP contribution in [-0.2, 0) is 9.53 Å². The lowest BCUT2D eigenvalue weighted by Gasteiger charge is -2.57. The average molecular weight is 640 g/mol. The molecule has 3 saturated carbocycles. The van der Waals surface area contributed by atoms with E-state index in [-0.39, 0.29) is 17.8 Å². The van der Waals surface area contributed by atoms with Crippen LogP contribution in [-0.4, -0.2) is 28.0 Å². The Morgan fingerprint density at radius 1 is 0.930 bits per heavy atom. The number of amides is 1. The highest BCUT2D eigenvalue weighted by molar-refractivity contribution is 9.10. The van der Waals surface area contributed by atoms with Crippen molar-refractivity contribution in [2.45, 2.75) is 83.8 Å². The number of esters is 1. The fourth-order valence-electron chi connectivity index (χ4n) is 7.22. The van der Waals surface area contributed by atoms with Crippen molar-refractivity contribution in [1.82, 2.24) is 10.3 Å². The summed E-state index contributed by atoms with van der Waals surface area (Å²) in [6, 6.07) is 24.5. The highest BCUT2D eigenvalue weighted by Crippen LogP contribution is 2.59. The zero-order chi connectivity index (χ0) is 30.6. The van der Waals surface area contributed by atoms with Crippen molar-refractivity contribution in [3.05, 3.63) is 99.5 Å². The SMILES string of the molecule is Cc1ccc(C2CC3(C(=O)OC(C)(C)C)CCC2(NC(=O)c2c(C)c(-c4ccccc4)nc4ccc(Br)cc24)CC3)cc1. The van der Waals surface area contributed by atoms with Crippen LogP contribution in [0.3, 0.4) is 0 Å². The van der Waals surface area contributed by atoms with E-state index in [4.69, 9.17) is 9.72 Å². The minimum atomic E-state index is -0.546. The number of rotatable bonds is 5. The van der Waals surface area contributed by atoms with Gasteiger partial charge in [-0.15, -0.1) is 0 Å². The van der Waals surface area contributed by atoms with Gasteiger partial charge in [0.25, 0.3) is 5.91 Å². The molecule has 43 heavy (non-hydrogen) atoms. The van der Waals surface area contributed by atoms with E-state index in [9.17, 15) is 9.59 Å². The molecule has 3 fully saturated rings. The Kier molecular flexibility index (Phi) is 7.48. The molecule has 4 aromatic rings. The van der Waals surface area contributed by atoms with E-state index in [1.54, 1.807) is 0 Å². The number of aromatic nitrogens is 1. The van der Waals surface area contributed by atoms with Crippen molar-refractivity contribution >= 4 is 38.7 Å². The molecule has 1 heterocycles. The van der Waals surface area contributed by atoms with Gasteiger partial charge >= 0.3 is 5.97 Å². The zero-order valence-corrected chi connectivity index (χ0v) is 27.2. The largest absolute Gasteiger partial charge is 0.460 e. The monoisotopic (exact) mass is 638 g/mol. The lowest BCUT2D eigenvalue weighted by atomic mass is 9.51. The summed E-state index contributed by atoms with van der Waals surface area (Å²) in [6.45, 7) is 9.86. The number of carbonyl (C=O) groups is 2. The molecule has 0 spiro atoms. The molecule has 3 aliphatic rings. The van der Waals surface area contributed by atoms with E-state index in [1.807, 2.05) is 76.2 Å². The Bertz CT molecular complexity index is 1700. The van der Waals surface area contributed by atoms with Crippen LogP contribution in [0.1, 0.15) is 85.8 Å². The van der Waals surface area contributed by atoms with E-state index in [1.165, 1.54) is 5.56 Å². The van der Waals surface area contributed by atoms with Gasteiger partial charge in [0.05, 0.1) is 22.2 Å². The van der Waals surface area contributed by atoms with Gasteiger partial charge in [-0.1, -0.05) is 76.1 Å². The van der Waals surface area contributed by atoms with E-state index < -0.39 is 16.6 Å². The van der Waals surface area contributed by atoms with Crippen LogP contribution >= 0.6 is 15.9 Å². The summed E-state index contributed by atoms with van der Waals surface area (Å²) in [5.41, 5.74) is 4.85. The summed E-state index contributed by atoms with van der Waals surface area (Å²) in [4.78, 5) is 33.3. The van der Waals surface area contributed by atoms with Crippen LogP contribution < -0.4 is 5.32 Å². The summed E-state index contributed by atoms with van der Waals surface area (Å²) in [6.07, 6.45) is 3.48. The number of halogens is 1. The fourth-order valence-corrected chi connectivity index (χ4v) is 7.59. The Balaban J connectivity index is 1.43. The predicted molar refractivity (Wildman–Crippen MR) is 175 cm³/mol. The molecule has 7 rings (SSSR count). The van der Waals surface area contributed by atoms with Crippen LogP contribution in [0.15, 0.2) is 77.3 Å². The number of hydrogen-bond donors (Lipinski definition) is 1. The van der Waals surface area contributed by atoms with Crippen molar-refractivity contribution < 1.29 is 14.3 Å². The van der Waals surface area contributed by atoms with Crippen molar-refractivity contribution in [1.29, 1.82) is 0 Å². The van der Waals surface area contributed by atoms with Crippen LogP contribution in [0.2, 0.25) is 0 Å². The summed E-state index contributed by atoms with van der Waals surface area (Å²) in [5.74, 6) is -0.213. The molecule has 1 N–H and O–H groups in total. The number of ether oxygens (including phenoxy) is 1. The van der Waals surface area contributed by atoms with Gasteiger partial charge in [-0.3, -0.25) is 9.59 Å². The first-order valence-corrected chi connectivity index (χ1v) is 16.0. The molecule has 3 aromatic carbocycles. The zero-order valence-electron chi connectivity index (χ0n) is 25.6. The third kappa shape index (κ3) is 5.50. The van der Waals surface area contributed by atoms with Crippen molar-refractivity contribution in [3.8, 4) is 11.3 Å². The van der Waals surface area contributed by atoms with Crippen molar-refractivity contribution in [3.63, 3.8) is 0 Å². The van der Waals surface area contributed by atoms with Crippen LogP contribution in [0, 0.1) is 19.3 Å². The van der Waals surface area contributed by atoms with E-state index in [0.717, 1.165) is 37.8 Å². The summed E-state index contributed by atoms with van der Waals surface area (Å²) in [5, 5.41) is 4.42. The lowest BCUT2D eigenvalue weighted by Crippen LogP contribution is -2.62. The van der Waals surface area contributed by atoms with Crippen molar-refractivity contribution in [2.75, 3.05) is 0 Å². The maximum Gasteiger partial charge on any atom is 0.312 e. The number of nitrogens with zero attached hydrogens (tertiary/aromatic N) is 1. The van der Waals surface area contributed by atoms with Crippen LogP contribution in [0.25, 0.3) is 22.2 Å². The molecular formula is C37H39BrN2O3. The van der Waals surface area contributed by atoms with Gasteiger partial charge in [0.2, 0.25) is 0 Å². The average Bonchev–Trinajstić information content (AvgIpc) is 2.97. The molecule has 0 saturated heterocycles. The molecular weight excluding hydrogens is 600 g/mol. The molecule has 5 nitrogen and oxygen atoms in total. The molecule has 3 aliphatic carbocycles. The number of aryl methyl sites for hydroxylation is 1. The molecule has 1 unspecified atom stereocenters. The van der Waals surface area contributed by atoms with E-state index in [2.05, 4.69) is 52.4 Å². The van der Waals surface area contributed by atoms with Crippen molar-refractivity contribution in [2.24, 2.45) is 5.41 Å². The number of hydrogen-bond acceptors (Lipinski definition) is 4.